The van der Waals surface area contributed by atoms with E-state index in [1.165, 1.54) is 16.9 Å². The van der Waals surface area contributed by atoms with Gasteiger partial charge in [0.1, 0.15) is 6.73 Å². The number of hydrogen-bond acceptors (Lipinski definition) is 10. The number of morpholine rings is 1. The zero-order chi connectivity index (χ0) is 30.7. The normalized spacial score (nSPS) is 14.4. The largest absolute Gasteiger partial charge is 0.491 e. The fourth-order valence-corrected chi connectivity index (χ4v) is 6.63. The molecular formula is C30H37ClN8O3SSi. The van der Waals surface area contributed by atoms with Gasteiger partial charge >= 0.3 is 0 Å². The number of halogens is 1. The molecule has 232 valence electrons. The van der Waals surface area contributed by atoms with E-state index in [4.69, 9.17) is 40.9 Å². The van der Waals surface area contributed by atoms with Crippen LogP contribution in [0.4, 0.5) is 11.5 Å². The third-order valence-electron chi connectivity index (χ3n) is 7.28. The van der Waals surface area contributed by atoms with Gasteiger partial charge in [-0.2, -0.15) is 5.10 Å². The minimum absolute atomic E-state index is 0.322. The van der Waals surface area contributed by atoms with Gasteiger partial charge in [-0.3, -0.25) is 4.90 Å². The van der Waals surface area contributed by atoms with Crippen LogP contribution in [0.1, 0.15) is 5.56 Å². The summed E-state index contributed by atoms with van der Waals surface area (Å²) in [5.74, 6) is 2.20. The van der Waals surface area contributed by atoms with Crippen LogP contribution in [0.2, 0.25) is 30.7 Å². The third-order valence-corrected chi connectivity index (χ3v) is 10.3. The van der Waals surface area contributed by atoms with Crippen LogP contribution in [-0.4, -0.2) is 82.7 Å². The maximum absolute atomic E-state index is 6.17. The maximum Gasteiger partial charge on any atom is 0.179 e. The van der Waals surface area contributed by atoms with E-state index in [1.54, 1.807) is 18.0 Å². The number of rotatable bonds is 12. The molecule has 5 aromatic rings. The first-order valence-corrected chi connectivity index (χ1v) is 19.6. The second kappa shape index (κ2) is 13.3. The quantitative estimate of drug-likeness (QED) is 0.115. The van der Waals surface area contributed by atoms with Gasteiger partial charge in [0.05, 0.1) is 59.3 Å². The first-order valence-electron chi connectivity index (χ1n) is 14.6. The van der Waals surface area contributed by atoms with Crippen molar-refractivity contribution in [2.24, 2.45) is 0 Å². The number of aromatic amines is 1. The number of H-pyrrole nitrogens is 1. The van der Waals surface area contributed by atoms with Crippen molar-refractivity contribution in [3.05, 3.63) is 52.6 Å². The SMILES string of the molecule is COc1cnc(-c2cc(Cl)cs2)nc1Nc1cn(COCC[Si](C)(C)C)nc1-c1nc2ccc(CN3CCOCC3)cc2[nH]1. The molecule has 6 rings (SSSR count). The van der Waals surface area contributed by atoms with Crippen molar-refractivity contribution in [2.75, 3.05) is 45.3 Å². The van der Waals surface area contributed by atoms with E-state index in [0.29, 0.717) is 53.0 Å². The predicted octanol–water partition coefficient (Wildman–Crippen LogP) is 6.50. The molecule has 0 saturated carbocycles. The van der Waals surface area contributed by atoms with E-state index in [9.17, 15) is 0 Å². The van der Waals surface area contributed by atoms with Crippen LogP contribution in [0.5, 0.6) is 5.75 Å². The van der Waals surface area contributed by atoms with Gasteiger partial charge in [0.2, 0.25) is 0 Å². The van der Waals surface area contributed by atoms with Crippen LogP contribution < -0.4 is 10.1 Å². The zero-order valence-corrected chi connectivity index (χ0v) is 28.0. The van der Waals surface area contributed by atoms with Crippen LogP contribution in [0, 0.1) is 0 Å². The number of thiophene rings is 1. The molecule has 4 aromatic heterocycles. The average molecular weight is 653 g/mol. The van der Waals surface area contributed by atoms with Crippen molar-refractivity contribution >= 4 is 53.6 Å². The molecule has 0 amide bonds. The Labute approximate surface area is 266 Å². The Morgan fingerprint density at radius 1 is 1.16 bits per heavy atom. The average Bonchev–Trinajstić information content (AvgIpc) is 3.73. The molecule has 11 nitrogen and oxygen atoms in total. The lowest BCUT2D eigenvalue weighted by molar-refractivity contribution is 0.0342. The van der Waals surface area contributed by atoms with Crippen molar-refractivity contribution in [3.8, 4) is 28.0 Å². The Hall–Kier alpha value is -3.33. The summed E-state index contributed by atoms with van der Waals surface area (Å²) in [7, 11) is 0.381. The van der Waals surface area contributed by atoms with Gasteiger partial charge in [0, 0.05) is 39.7 Å². The first-order chi connectivity index (χ1) is 21.2. The molecule has 0 atom stereocenters. The molecule has 14 heteroatoms. The number of nitrogens with one attached hydrogen (secondary N) is 2. The molecular weight excluding hydrogens is 616 g/mol. The molecule has 0 aliphatic carbocycles. The van der Waals surface area contributed by atoms with Crippen molar-refractivity contribution in [3.63, 3.8) is 0 Å². The molecule has 1 fully saturated rings. The summed E-state index contributed by atoms with van der Waals surface area (Å²) in [6.07, 6.45) is 3.56. The van der Waals surface area contributed by atoms with E-state index in [2.05, 4.69) is 58.0 Å². The number of aromatic nitrogens is 6. The first kappa shape index (κ1) is 30.7. The Bertz CT molecular complexity index is 1730. The smallest absolute Gasteiger partial charge is 0.179 e. The van der Waals surface area contributed by atoms with Gasteiger partial charge in [-0.05, 0) is 29.8 Å². The molecule has 1 saturated heterocycles. The fourth-order valence-electron chi connectivity index (χ4n) is 4.86. The van der Waals surface area contributed by atoms with Crippen molar-refractivity contribution in [1.82, 2.24) is 34.6 Å². The highest BCUT2D eigenvalue weighted by molar-refractivity contribution is 7.14. The van der Waals surface area contributed by atoms with Gasteiger partial charge in [0.15, 0.2) is 28.9 Å². The number of imidazole rings is 1. The van der Waals surface area contributed by atoms with Gasteiger partial charge in [-0.15, -0.1) is 11.3 Å². The van der Waals surface area contributed by atoms with Crippen LogP contribution in [0.15, 0.2) is 42.0 Å². The standard InChI is InChI=1S/C30H37ClN8O3SSi/c1-40-25-15-32-29(26-14-21(31)18-43-26)36-28(25)35-24-17-39(19-42-11-12-44(2,3)4)37-27(24)30-33-22-6-5-20(13-23(22)34-30)16-38-7-9-41-10-8-38/h5-6,13-15,17-18H,7-12,16,19H2,1-4H3,(H,33,34)(H,32,35,36). The summed E-state index contributed by atoms with van der Waals surface area (Å²) in [5.41, 5.74) is 4.40. The van der Waals surface area contributed by atoms with E-state index in [1.807, 2.05) is 17.6 Å². The van der Waals surface area contributed by atoms with Gasteiger partial charge in [0.25, 0.3) is 0 Å². The van der Waals surface area contributed by atoms with Crippen LogP contribution in [0.3, 0.4) is 0 Å². The van der Waals surface area contributed by atoms with Crippen LogP contribution in [0.25, 0.3) is 33.3 Å². The summed E-state index contributed by atoms with van der Waals surface area (Å²) < 4.78 is 18.9. The van der Waals surface area contributed by atoms with E-state index < -0.39 is 8.07 Å². The van der Waals surface area contributed by atoms with Crippen LogP contribution in [-0.2, 0) is 22.7 Å². The molecule has 1 aromatic carbocycles. The molecule has 5 heterocycles. The number of fused-ring (bicyclic) bond motifs is 1. The topological polar surface area (TPSA) is 115 Å². The second-order valence-corrected chi connectivity index (χ2v) is 18.9. The van der Waals surface area contributed by atoms with Gasteiger partial charge in [-0.25, -0.2) is 19.6 Å². The minimum Gasteiger partial charge on any atom is -0.491 e. The highest BCUT2D eigenvalue weighted by atomic mass is 35.5. The molecule has 0 bridgehead atoms. The zero-order valence-electron chi connectivity index (χ0n) is 25.4. The molecule has 2 N–H and O–H groups in total. The van der Waals surface area contributed by atoms with Gasteiger partial charge in [-0.1, -0.05) is 37.3 Å². The Kier molecular flexibility index (Phi) is 9.31. The lowest BCUT2D eigenvalue weighted by Crippen LogP contribution is -2.35. The number of anilines is 2. The summed E-state index contributed by atoms with van der Waals surface area (Å²) in [5, 5.41) is 10.8. The number of hydrogen-bond donors (Lipinski definition) is 2. The molecule has 1 aliphatic heterocycles. The summed E-state index contributed by atoms with van der Waals surface area (Å²) in [6.45, 7) is 12.3. The fraction of sp³-hybridized carbons (Fsp3) is 0.400. The lowest BCUT2D eigenvalue weighted by Gasteiger charge is -2.26. The Balaban J connectivity index is 1.31. The predicted molar refractivity (Wildman–Crippen MR) is 178 cm³/mol. The molecule has 1 aliphatic rings. The monoisotopic (exact) mass is 652 g/mol. The van der Waals surface area contributed by atoms with Crippen molar-refractivity contribution in [1.29, 1.82) is 0 Å². The highest BCUT2D eigenvalue weighted by Gasteiger charge is 2.20. The summed E-state index contributed by atoms with van der Waals surface area (Å²) in [4.78, 5) is 20.9. The number of ether oxygens (including phenoxy) is 3. The number of benzene rings is 1. The molecule has 0 unspecified atom stereocenters. The van der Waals surface area contributed by atoms with Crippen LogP contribution >= 0.6 is 22.9 Å². The van der Waals surface area contributed by atoms with E-state index >= 15 is 0 Å². The summed E-state index contributed by atoms with van der Waals surface area (Å²) >= 11 is 7.66. The van der Waals surface area contributed by atoms with Gasteiger partial charge < -0.3 is 24.5 Å². The Morgan fingerprint density at radius 2 is 2.00 bits per heavy atom. The minimum atomic E-state index is -1.21. The second-order valence-electron chi connectivity index (χ2n) is 12.0. The summed E-state index contributed by atoms with van der Waals surface area (Å²) in [6, 6.07) is 9.28. The number of methoxy groups -OCH3 is 1. The van der Waals surface area contributed by atoms with Crippen molar-refractivity contribution in [2.45, 2.75) is 39.0 Å². The van der Waals surface area contributed by atoms with Crippen molar-refractivity contribution < 1.29 is 14.2 Å². The number of nitrogens with zero attached hydrogens (tertiary/aromatic N) is 6. The molecule has 0 radical (unpaired) electrons. The maximum atomic E-state index is 6.17. The highest BCUT2D eigenvalue weighted by Crippen LogP contribution is 2.34. The molecule has 0 spiro atoms. The third kappa shape index (κ3) is 7.48. The Morgan fingerprint density at radius 3 is 2.75 bits per heavy atom. The lowest BCUT2D eigenvalue weighted by atomic mass is 10.2. The van der Waals surface area contributed by atoms with E-state index in [-0.39, 0.29) is 0 Å². The molecule has 44 heavy (non-hydrogen) atoms. The van der Waals surface area contributed by atoms with E-state index in [0.717, 1.165) is 54.8 Å².